The molecule has 0 atom stereocenters. The van der Waals surface area contributed by atoms with Gasteiger partial charge in [-0.1, -0.05) is 29.8 Å². The van der Waals surface area contributed by atoms with Crippen LogP contribution >= 0.6 is 22.9 Å². The largest absolute Gasteiger partial charge is 0.492 e. The monoisotopic (exact) mass is 439 g/mol. The predicted octanol–water partition coefficient (Wildman–Crippen LogP) is 5.19. The van der Waals surface area contributed by atoms with Gasteiger partial charge in [0.25, 0.3) is 5.91 Å². The van der Waals surface area contributed by atoms with E-state index in [0.29, 0.717) is 24.7 Å². The lowest BCUT2D eigenvalue weighted by atomic mass is 10.3. The Morgan fingerprint density at radius 2 is 1.93 bits per heavy atom. The van der Waals surface area contributed by atoms with E-state index in [1.54, 1.807) is 0 Å². The maximum atomic E-state index is 12.1. The lowest BCUT2D eigenvalue weighted by Gasteiger charge is -2.11. The van der Waals surface area contributed by atoms with E-state index in [-0.39, 0.29) is 5.91 Å². The van der Waals surface area contributed by atoms with Gasteiger partial charge < -0.3 is 14.6 Å². The molecule has 4 rings (SSSR count). The second-order valence-corrected chi connectivity index (χ2v) is 8.19. The summed E-state index contributed by atoms with van der Waals surface area (Å²) < 4.78 is 8.07. The van der Waals surface area contributed by atoms with Crippen molar-refractivity contribution in [1.82, 2.24) is 14.9 Å². The molecule has 154 valence electrons. The second kappa shape index (κ2) is 9.78. The zero-order chi connectivity index (χ0) is 20.8. The second-order valence-electron chi connectivity index (χ2n) is 6.81. The molecule has 30 heavy (non-hydrogen) atoms. The van der Waals surface area contributed by atoms with E-state index in [0.717, 1.165) is 40.3 Å². The lowest BCUT2D eigenvalue weighted by Crippen LogP contribution is -2.24. The van der Waals surface area contributed by atoms with Crippen LogP contribution in [0, 0.1) is 0 Å². The number of aryl methyl sites for hydroxylation is 1. The van der Waals surface area contributed by atoms with E-state index < -0.39 is 0 Å². The molecule has 2 heterocycles. The summed E-state index contributed by atoms with van der Waals surface area (Å²) in [5.41, 5.74) is 2.07. The van der Waals surface area contributed by atoms with Crippen LogP contribution in [0.15, 0.2) is 66.0 Å². The SMILES string of the molecule is O=C(NCCCc1nc2ccccc2n1CCOc1ccc(Cl)cc1)c1cccs1. The fraction of sp³-hybridized carbons (Fsp3) is 0.217. The first-order valence-corrected chi connectivity index (χ1v) is 11.1. The van der Waals surface area contributed by atoms with Gasteiger partial charge in [0.1, 0.15) is 18.2 Å². The highest BCUT2D eigenvalue weighted by molar-refractivity contribution is 7.12. The summed E-state index contributed by atoms with van der Waals surface area (Å²) in [6, 6.07) is 19.2. The van der Waals surface area contributed by atoms with Crippen molar-refractivity contribution < 1.29 is 9.53 Å². The number of aromatic nitrogens is 2. The Labute approximate surface area is 184 Å². The van der Waals surface area contributed by atoms with E-state index in [1.807, 2.05) is 60.0 Å². The van der Waals surface area contributed by atoms with Crippen LogP contribution in [0.5, 0.6) is 5.75 Å². The van der Waals surface area contributed by atoms with Crippen LogP contribution in [-0.2, 0) is 13.0 Å². The molecule has 4 aromatic rings. The number of thiophene rings is 1. The van der Waals surface area contributed by atoms with Gasteiger partial charge in [0.15, 0.2) is 0 Å². The molecule has 0 aliphatic rings. The average molecular weight is 440 g/mol. The number of nitrogens with one attached hydrogen (secondary N) is 1. The number of para-hydroxylation sites is 2. The minimum absolute atomic E-state index is 0.0186. The van der Waals surface area contributed by atoms with E-state index >= 15 is 0 Å². The van der Waals surface area contributed by atoms with Gasteiger partial charge in [-0.3, -0.25) is 4.79 Å². The third-order valence-corrected chi connectivity index (χ3v) is 5.86. The molecule has 0 saturated heterocycles. The molecule has 7 heteroatoms. The zero-order valence-electron chi connectivity index (χ0n) is 16.4. The van der Waals surface area contributed by atoms with Gasteiger partial charge in [-0.2, -0.15) is 0 Å². The number of carbonyl (C=O) groups excluding carboxylic acids is 1. The van der Waals surface area contributed by atoms with Crippen LogP contribution in [-0.4, -0.2) is 28.6 Å². The summed E-state index contributed by atoms with van der Waals surface area (Å²) in [7, 11) is 0. The fourth-order valence-electron chi connectivity index (χ4n) is 3.29. The van der Waals surface area contributed by atoms with Crippen LogP contribution in [0.1, 0.15) is 21.9 Å². The van der Waals surface area contributed by atoms with Crippen molar-refractivity contribution in [2.24, 2.45) is 0 Å². The highest BCUT2D eigenvalue weighted by Gasteiger charge is 2.11. The number of hydrogen-bond acceptors (Lipinski definition) is 4. The first-order valence-electron chi connectivity index (χ1n) is 9.85. The first kappa shape index (κ1) is 20.4. The quantitative estimate of drug-likeness (QED) is 0.365. The number of carbonyl (C=O) groups is 1. The molecule has 1 amide bonds. The summed E-state index contributed by atoms with van der Waals surface area (Å²) in [6.45, 7) is 1.84. The molecule has 0 unspecified atom stereocenters. The Bertz CT molecular complexity index is 1110. The number of hydrogen-bond donors (Lipinski definition) is 1. The molecule has 0 aliphatic heterocycles. The maximum Gasteiger partial charge on any atom is 0.261 e. The van der Waals surface area contributed by atoms with Crippen molar-refractivity contribution in [3.63, 3.8) is 0 Å². The van der Waals surface area contributed by atoms with Crippen LogP contribution in [0.2, 0.25) is 5.02 Å². The van der Waals surface area contributed by atoms with Crippen molar-refractivity contribution in [2.45, 2.75) is 19.4 Å². The van der Waals surface area contributed by atoms with Gasteiger partial charge in [0.05, 0.1) is 22.5 Å². The molecule has 2 aromatic heterocycles. The standard InChI is InChI=1S/C23H22ClN3O2S/c24-17-9-11-18(12-10-17)29-15-14-27-20-6-2-1-5-19(20)26-22(27)8-3-13-25-23(28)21-7-4-16-30-21/h1-2,4-7,9-12,16H,3,8,13-15H2,(H,25,28). The van der Waals surface area contributed by atoms with E-state index in [1.165, 1.54) is 11.3 Å². The number of rotatable bonds is 9. The predicted molar refractivity (Wildman–Crippen MR) is 122 cm³/mol. The van der Waals surface area contributed by atoms with Gasteiger partial charge in [-0.25, -0.2) is 4.98 Å². The van der Waals surface area contributed by atoms with Crippen molar-refractivity contribution >= 4 is 39.9 Å². The Balaban J connectivity index is 1.37. The molecule has 2 aromatic carbocycles. The Kier molecular flexibility index (Phi) is 6.67. The number of nitrogens with zero attached hydrogens (tertiary/aromatic N) is 2. The number of imidazole rings is 1. The molecule has 0 bridgehead atoms. The maximum absolute atomic E-state index is 12.1. The average Bonchev–Trinajstić information content (AvgIpc) is 3.41. The van der Waals surface area contributed by atoms with Gasteiger partial charge in [-0.15, -0.1) is 11.3 Å². The van der Waals surface area contributed by atoms with Gasteiger partial charge in [0, 0.05) is 18.0 Å². The smallest absolute Gasteiger partial charge is 0.261 e. The normalized spacial score (nSPS) is 11.0. The van der Waals surface area contributed by atoms with Crippen molar-refractivity contribution in [1.29, 1.82) is 0 Å². The molecular formula is C23H22ClN3O2S. The van der Waals surface area contributed by atoms with Gasteiger partial charge in [-0.05, 0) is 54.3 Å². The molecular weight excluding hydrogens is 418 g/mol. The van der Waals surface area contributed by atoms with E-state index in [4.69, 9.17) is 21.3 Å². The van der Waals surface area contributed by atoms with Crippen LogP contribution < -0.4 is 10.1 Å². The number of amides is 1. The van der Waals surface area contributed by atoms with E-state index in [2.05, 4.69) is 16.0 Å². The highest BCUT2D eigenvalue weighted by atomic mass is 35.5. The summed E-state index contributed by atoms with van der Waals surface area (Å²) in [6.07, 6.45) is 1.60. The highest BCUT2D eigenvalue weighted by Crippen LogP contribution is 2.19. The molecule has 0 aliphatic carbocycles. The minimum Gasteiger partial charge on any atom is -0.492 e. The summed E-state index contributed by atoms with van der Waals surface area (Å²) >= 11 is 7.38. The Hall–Kier alpha value is -2.83. The topological polar surface area (TPSA) is 56.2 Å². The Morgan fingerprint density at radius 1 is 1.10 bits per heavy atom. The third-order valence-electron chi connectivity index (χ3n) is 4.74. The zero-order valence-corrected chi connectivity index (χ0v) is 18.0. The van der Waals surface area contributed by atoms with Crippen LogP contribution in [0.25, 0.3) is 11.0 Å². The molecule has 5 nitrogen and oxygen atoms in total. The van der Waals surface area contributed by atoms with Gasteiger partial charge >= 0.3 is 0 Å². The summed E-state index contributed by atoms with van der Waals surface area (Å²) in [5, 5.41) is 5.57. The minimum atomic E-state index is -0.0186. The molecule has 0 spiro atoms. The summed E-state index contributed by atoms with van der Waals surface area (Å²) in [4.78, 5) is 17.6. The number of ether oxygens (including phenoxy) is 1. The first-order chi connectivity index (χ1) is 14.7. The summed E-state index contributed by atoms with van der Waals surface area (Å²) in [5.74, 6) is 1.78. The lowest BCUT2D eigenvalue weighted by molar-refractivity contribution is 0.0957. The van der Waals surface area contributed by atoms with Crippen molar-refractivity contribution in [3.05, 3.63) is 81.8 Å². The number of halogens is 1. The Morgan fingerprint density at radius 3 is 2.73 bits per heavy atom. The molecule has 0 radical (unpaired) electrons. The molecule has 0 saturated carbocycles. The van der Waals surface area contributed by atoms with Crippen molar-refractivity contribution in [3.8, 4) is 5.75 Å². The third kappa shape index (κ3) is 5.01. The molecule has 0 fully saturated rings. The van der Waals surface area contributed by atoms with Crippen molar-refractivity contribution in [2.75, 3.05) is 13.2 Å². The number of fused-ring (bicyclic) bond motifs is 1. The van der Waals surface area contributed by atoms with Crippen LogP contribution in [0.3, 0.4) is 0 Å². The van der Waals surface area contributed by atoms with Gasteiger partial charge in [0.2, 0.25) is 0 Å². The fourth-order valence-corrected chi connectivity index (χ4v) is 4.06. The van der Waals surface area contributed by atoms with Crippen LogP contribution in [0.4, 0.5) is 0 Å². The molecule has 1 N–H and O–H groups in total. The van der Waals surface area contributed by atoms with E-state index in [9.17, 15) is 4.79 Å². The number of benzene rings is 2.